The SMILES string of the molecule is Cc1ccc(-n2c(SCc3ccccc3C(=O)NCc3ccco3)nnc2-c2cccs2)cc1. The van der Waals surface area contributed by atoms with Crippen LogP contribution in [0.4, 0.5) is 0 Å². The maximum atomic E-state index is 12.9. The molecule has 0 atom stereocenters. The monoisotopic (exact) mass is 486 g/mol. The Balaban J connectivity index is 1.40. The fraction of sp³-hybridized carbons (Fsp3) is 0.115. The number of carbonyl (C=O) groups is 1. The number of thioether (sulfide) groups is 1. The lowest BCUT2D eigenvalue weighted by atomic mass is 10.1. The summed E-state index contributed by atoms with van der Waals surface area (Å²) in [5, 5.41) is 14.7. The average molecular weight is 487 g/mol. The zero-order valence-electron chi connectivity index (χ0n) is 18.5. The molecule has 0 aliphatic heterocycles. The van der Waals surface area contributed by atoms with Gasteiger partial charge in [-0.25, -0.2) is 0 Å². The van der Waals surface area contributed by atoms with Gasteiger partial charge in [-0.05, 0) is 54.3 Å². The maximum absolute atomic E-state index is 12.9. The minimum absolute atomic E-state index is 0.133. The first-order valence-electron chi connectivity index (χ1n) is 10.8. The molecule has 0 fully saturated rings. The van der Waals surface area contributed by atoms with Crippen molar-refractivity contribution in [2.45, 2.75) is 24.4 Å². The van der Waals surface area contributed by atoms with E-state index in [0.717, 1.165) is 27.1 Å². The van der Waals surface area contributed by atoms with Crippen LogP contribution >= 0.6 is 23.1 Å². The summed E-state index contributed by atoms with van der Waals surface area (Å²) in [7, 11) is 0. The predicted molar refractivity (Wildman–Crippen MR) is 135 cm³/mol. The Morgan fingerprint density at radius 3 is 2.65 bits per heavy atom. The van der Waals surface area contributed by atoms with Gasteiger partial charge >= 0.3 is 0 Å². The second-order valence-corrected chi connectivity index (χ2v) is 9.55. The third-order valence-electron chi connectivity index (χ3n) is 5.29. The van der Waals surface area contributed by atoms with Gasteiger partial charge in [-0.1, -0.05) is 53.7 Å². The molecule has 0 saturated heterocycles. The number of aromatic nitrogens is 3. The summed E-state index contributed by atoms with van der Waals surface area (Å²) in [4.78, 5) is 13.9. The van der Waals surface area contributed by atoms with Crippen LogP contribution in [0.3, 0.4) is 0 Å². The molecule has 1 N–H and O–H groups in total. The van der Waals surface area contributed by atoms with Gasteiger partial charge < -0.3 is 9.73 Å². The molecule has 3 heterocycles. The molecule has 5 rings (SSSR count). The molecule has 0 aliphatic rings. The van der Waals surface area contributed by atoms with E-state index in [2.05, 4.69) is 51.3 Å². The number of aryl methyl sites for hydroxylation is 1. The first kappa shape index (κ1) is 22.2. The highest BCUT2D eigenvalue weighted by atomic mass is 32.2. The van der Waals surface area contributed by atoms with Gasteiger partial charge in [0, 0.05) is 17.0 Å². The van der Waals surface area contributed by atoms with Gasteiger partial charge in [0.2, 0.25) is 0 Å². The molecule has 0 spiro atoms. The summed E-state index contributed by atoms with van der Waals surface area (Å²) >= 11 is 3.19. The molecule has 2 aromatic carbocycles. The Morgan fingerprint density at radius 1 is 1.03 bits per heavy atom. The largest absolute Gasteiger partial charge is 0.467 e. The molecule has 1 amide bonds. The zero-order valence-corrected chi connectivity index (χ0v) is 20.1. The third-order valence-corrected chi connectivity index (χ3v) is 7.13. The molecule has 0 bridgehead atoms. The molecule has 3 aromatic heterocycles. The number of amides is 1. The highest BCUT2D eigenvalue weighted by Crippen LogP contribution is 2.32. The first-order chi connectivity index (χ1) is 16.7. The number of hydrogen-bond donors (Lipinski definition) is 1. The van der Waals surface area contributed by atoms with Gasteiger partial charge in [0.15, 0.2) is 11.0 Å². The van der Waals surface area contributed by atoms with Crippen molar-refractivity contribution >= 4 is 29.0 Å². The smallest absolute Gasteiger partial charge is 0.251 e. The number of rotatable bonds is 8. The van der Waals surface area contributed by atoms with E-state index in [4.69, 9.17) is 4.42 Å². The van der Waals surface area contributed by atoms with Crippen molar-refractivity contribution in [1.82, 2.24) is 20.1 Å². The summed E-state index contributed by atoms with van der Waals surface area (Å²) in [5.74, 6) is 1.98. The third kappa shape index (κ3) is 4.83. The Labute approximate surface area is 205 Å². The number of nitrogens with one attached hydrogen (secondary N) is 1. The summed E-state index contributed by atoms with van der Waals surface area (Å²) in [5.41, 5.74) is 3.77. The highest BCUT2D eigenvalue weighted by Gasteiger charge is 2.18. The number of hydrogen-bond acceptors (Lipinski definition) is 6. The molecule has 34 heavy (non-hydrogen) atoms. The lowest BCUT2D eigenvalue weighted by molar-refractivity contribution is 0.0947. The van der Waals surface area contributed by atoms with Crippen LogP contribution in [0.15, 0.2) is 94.0 Å². The Kier molecular flexibility index (Phi) is 6.60. The van der Waals surface area contributed by atoms with Gasteiger partial charge in [-0.3, -0.25) is 9.36 Å². The fourth-order valence-corrected chi connectivity index (χ4v) is 5.20. The van der Waals surface area contributed by atoms with Gasteiger partial charge in [0.1, 0.15) is 5.76 Å². The van der Waals surface area contributed by atoms with E-state index in [1.165, 1.54) is 5.56 Å². The van der Waals surface area contributed by atoms with Crippen molar-refractivity contribution in [2.75, 3.05) is 0 Å². The molecule has 0 unspecified atom stereocenters. The van der Waals surface area contributed by atoms with Crippen LogP contribution in [-0.2, 0) is 12.3 Å². The number of thiophene rings is 1. The van der Waals surface area contributed by atoms with Crippen molar-refractivity contribution < 1.29 is 9.21 Å². The summed E-state index contributed by atoms with van der Waals surface area (Å²) in [6, 6.07) is 23.7. The van der Waals surface area contributed by atoms with E-state index < -0.39 is 0 Å². The van der Waals surface area contributed by atoms with Gasteiger partial charge in [-0.2, -0.15) is 0 Å². The topological polar surface area (TPSA) is 73.0 Å². The normalized spacial score (nSPS) is 11.0. The average Bonchev–Trinajstić information content (AvgIpc) is 3.64. The molecule has 8 heteroatoms. The Hall–Kier alpha value is -3.62. The lowest BCUT2D eigenvalue weighted by Crippen LogP contribution is -2.23. The molecule has 0 radical (unpaired) electrons. The van der Waals surface area contributed by atoms with E-state index in [1.807, 2.05) is 47.8 Å². The van der Waals surface area contributed by atoms with Crippen LogP contribution in [0.25, 0.3) is 16.4 Å². The first-order valence-corrected chi connectivity index (χ1v) is 12.6. The summed E-state index contributed by atoms with van der Waals surface area (Å²) in [6.07, 6.45) is 1.60. The van der Waals surface area contributed by atoms with Gasteiger partial charge in [0.05, 0.1) is 17.7 Å². The summed E-state index contributed by atoms with van der Waals surface area (Å²) in [6.45, 7) is 2.42. The van der Waals surface area contributed by atoms with Crippen LogP contribution in [0.1, 0.15) is 27.2 Å². The van der Waals surface area contributed by atoms with Crippen LogP contribution in [0.2, 0.25) is 0 Å². The van der Waals surface area contributed by atoms with Crippen molar-refractivity contribution in [3.8, 4) is 16.4 Å². The van der Waals surface area contributed by atoms with Crippen LogP contribution in [0.5, 0.6) is 0 Å². The highest BCUT2D eigenvalue weighted by molar-refractivity contribution is 7.98. The van der Waals surface area contributed by atoms with Gasteiger partial charge in [0.25, 0.3) is 5.91 Å². The molecular weight excluding hydrogens is 464 g/mol. The fourth-order valence-electron chi connectivity index (χ4n) is 3.54. The molecule has 0 saturated carbocycles. The Bertz CT molecular complexity index is 1370. The van der Waals surface area contributed by atoms with Gasteiger partial charge in [-0.15, -0.1) is 21.5 Å². The van der Waals surface area contributed by atoms with E-state index in [1.54, 1.807) is 35.4 Å². The van der Waals surface area contributed by atoms with Crippen molar-refractivity contribution in [3.63, 3.8) is 0 Å². The lowest BCUT2D eigenvalue weighted by Gasteiger charge is -2.12. The van der Waals surface area contributed by atoms with Crippen molar-refractivity contribution in [1.29, 1.82) is 0 Å². The second-order valence-electron chi connectivity index (χ2n) is 7.66. The van der Waals surface area contributed by atoms with Crippen LogP contribution < -0.4 is 5.32 Å². The summed E-state index contributed by atoms with van der Waals surface area (Å²) < 4.78 is 7.39. The number of nitrogens with zero attached hydrogens (tertiary/aromatic N) is 3. The quantitative estimate of drug-likeness (QED) is 0.268. The van der Waals surface area contributed by atoms with Crippen LogP contribution in [-0.4, -0.2) is 20.7 Å². The maximum Gasteiger partial charge on any atom is 0.251 e. The number of benzene rings is 2. The number of furan rings is 1. The van der Waals surface area contributed by atoms with Crippen molar-refractivity contribution in [2.24, 2.45) is 0 Å². The predicted octanol–water partition coefficient (Wildman–Crippen LogP) is 6.12. The minimum Gasteiger partial charge on any atom is -0.467 e. The molecule has 0 aliphatic carbocycles. The number of carbonyl (C=O) groups excluding carboxylic acids is 1. The van der Waals surface area contributed by atoms with E-state index >= 15 is 0 Å². The standard InChI is InChI=1S/C26H22N4O2S2/c1-18-10-12-20(13-11-18)30-24(23-9-5-15-33-23)28-29-26(30)34-17-19-6-2-3-8-22(19)25(31)27-16-21-7-4-14-32-21/h2-15H,16-17H2,1H3,(H,27,31). The minimum atomic E-state index is -0.133. The second kappa shape index (κ2) is 10.1. The van der Waals surface area contributed by atoms with E-state index in [9.17, 15) is 4.79 Å². The molecule has 5 aromatic rings. The Morgan fingerprint density at radius 2 is 1.88 bits per heavy atom. The van der Waals surface area contributed by atoms with Crippen molar-refractivity contribution in [3.05, 3.63) is 107 Å². The zero-order chi connectivity index (χ0) is 23.3. The molecular formula is C26H22N4O2S2. The van der Waals surface area contributed by atoms with Crippen LogP contribution in [0, 0.1) is 6.92 Å². The molecule has 170 valence electrons. The van der Waals surface area contributed by atoms with E-state index in [-0.39, 0.29) is 5.91 Å². The molecule has 6 nitrogen and oxygen atoms in total. The van der Waals surface area contributed by atoms with E-state index in [0.29, 0.717) is 23.6 Å².